The minimum Gasteiger partial charge on any atom is -0.480 e. The summed E-state index contributed by atoms with van der Waals surface area (Å²) in [6.45, 7) is -0.939. The van der Waals surface area contributed by atoms with Crippen molar-refractivity contribution >= 4 is 50.6 Å². The molecule has 0 aliphatic carbocycles. The molecule has 0 aliphatic rings. The van der Waals surface area contributed by atoms with Gasteiger partial charge in [0.1, 0.15) is 6.54 Å². The number of carboxylic acid groups (broad SMARTS) is 1. The fourth-order valence-corrected chi connectivity index (χ4v) is 3.89. The van der Waals surface area contributed by atoms with E-state index in [1.54, 1.807) is 0 Å². The third-order valence-electron chi connectivity index (χ3n) is 3.07. The number of nitro benzene ring substituents is 1. The summed E-state index contributed by atoms with van der Waals surface area (Å²) < 4.78 is 26.2. The lowest BCUT2D eigenvalue weighted by Crippen LogP contribution is -2.36. The number of sulfonamides is 1. The molecule has 0 aromatic heterocycles. The molecule has 0 atom stereocenters. The molecule has 0 saturated heterocycles. The fraction of sp³-hybridized carbons (Fsp3) is 0.0714. The van der Waals surface area contributed by atoms with Crippen LogP contribution in [0.25, 0.3) is 0 Å². The number of hydrogen-bond acceptors (Lipinski definition) is 5. The van der Waals surface area contributed by atoms with Crippen LogP contribution in [0.1, 0.15) is 0 Å². The summed E-state index contributed by atoms with van der Waals surface area (Å²) in [5, 5.41) is 20.0. The molecule has 11 heteroatoms. The number of anilines is 1. The number of nitrogens with zero attached hydrogens (tertiary/aromatic N) is 2. The van der Waals surface area contributed by atoms with Gasteiger partial charge in [-0.3, -0.25) is 19.2 Å². The van der Waals surface area contributed by atoms with E-state index in [-0.39, 0.29) is 15.7 Å². The van der Waals surface area contributed by atoms with E-state index < -0.39 is 38.0 Å². The van der Waals surface area contributed by atoms with Gasteiger partial charge in [-0.2, -0.15) is 0 Å². The van der Waals surface area contributed by atoms with Gasteiger partial charge in [-0.25, -0.2) is 8.42 Å². The number of carbonyl (C=O) groups is 1. The molecule has 0 amide bonds. The first-order valence-corrected chi connectivity index (χ1v) is 8.76. The summed E-state index contributed by atoms with van der Waals surface area (Å²) in [4.78, 5) is 20.8. The van der Waals surface area contributed by atoms with Crippen LogP contribution in [0.15, 0.2) is 47.4 Å². The topological polar surface area (TPSA) is 118 Å². The Hall–Kier alpha value is -2.36. The van der Waals surface area contributed by atoms with Crippen LogP contribution in [0.2, 0.25) is 10.0 Å². The van der Waals surface area contributed by atoms with E-state index in [0.29, 0.717) is 4.31 Å². The van der Waals surface area contributed by atoms with Crippen LogP contribution in [0, 0.1) is 10.1 Å². The standard InChI is InChI=1S/C14H10Cl2N2O6S/c15-9-4-5-12(16)13(6-9)17(8-14(19)20)25(23,24)11-3-1-2-10(7-11)18(21)22/h1-7H,8H2,(H,19,20). The highest BCUT2D eigenvalue weighted by Crippen LogP contribution is 2.33. The van der Waals surface area contributed by atoms with Crippen molar-refractivity contribution in [2.45, 2.75) is 4.90 Å². The van der Waals surface area contributed by atoms with Gasteiger partial charge in [-0.1, -0.05) is 29.3 Å². The van der Waals surface area contributed by atoms with Crippen LogP contribution in [0.5, 0.6) is 0 Å². The number of carboxylic acids is 1. The highest BCUT2D eigenvalue weighted by molar-refractivity contribution is 7.92. The molecule has 25 heavy (non-hydrogen) atoms. The second kappa shape index (κ2) is 7.26. The molecule has 0 bridgehead atoms. The summed E-state index contributed by atoms with van der Waals surface area (Å²) in [5.41, 5.74) is -0.600. The van der Waals surface area contributed by atoms with Gasteiger partial charge in [-0.15, -0.1) is 0 Å². The maximum atomic E-state index is 12.8. The summed E-state index contributed by atoms with van der Waals surface area (Å²) >= 11 is 11.8. The summed E-state index contributed by atoms with van der Waals surface area (Å²) in [7, 11) is -4.44. The molecule has 0 fully saturated rings. The highest BCUT2D eigenvalue weighted by Gasteiger charge is 2.30. The predicted octanol–water partition coefficient (Wildman–Crippen LogP) is 3.18. The molecule has 0 heterocycles. The zero-order valence-corrected chi connectivity index (χ0v) is 14.6. The Morgan fingerprint density at radius 3 is 2.48 bits per heavy atom. The number of nitro groups is 1. The minimum absolute atomic E-state index is 0.0420. The van der Waals surface area contributed by atoms with Gasteiger partial charge in [0.25, 0.3) is 15.7 Å². The minimum atomic E-state index is -4.44. The Balaban J connectivity index is 2.64. The van der Waals surface area contributed by atoms with Crippen LogP contribution in [-0.4, -0.2) is 31.0 Å². The first-order chi connectivity index (χ1) is 11.6. The molecule has 132 valence electrons. The van der Waals surface area contributed by atoms with Crippen LogP contribution >= 0.6 is 23.2 Å². The lowest BCUT2D eigenvalue weighted by atomic mass is 10.3. The maximum absolute atomic E-state index is 12.8. The van der Waals surface area contributed by atoms with E-state index in [9.17, 15) is 23.3 Å². The van der Waals surface area contributed by atoms with Gasteiger partial charge >= 0.3 is 5.97 Å². The molecule has 2 aromatic carbocycles. The van der Waals surface area contributed by atoms with Crippen molar-refractivity contribution in [2.75, 3.05) is 10.8 Å². The molecule has 2 aromatic rings. The Kier molecular flexibility index (Phi) is 5.51. The van der Waals surface area contributed by atoms with E-state index in [2.05, 4.69) is 0 Å². The van der Waals surface area contributed by atoms with E-state index >= 15 is 0 Å². The van der Waals surface area contributed by atoms with E-state index in [0.717, 1.165) is 18.2 Å². The van der Waals surface area contributed by atoms with Gasteiger partial charge in [-0.05, 0) is 24.3 Å². The van der Waals surface area contributed by atoms with Crippen molar-refractivity contribution < 1.29 is 23.2 Å². The fourth-order valence-electron chi connectivity index (χ4n) is 1.98. The molecular formula is C14H10Cl2N2O6S. The average Bonchev–Trinajstić information content (AvgIpc) is 2.55. The Morgan fingerprint density at radius 1 is 1.20 bits per heavy atom. The molecule has 1 N–H and O–H groups in total. The molecule has 0 spiro atoms. The number of benzene rings is 2. The van der Waals surface area contributed by atoms with Crippen LogP contribution < -0.4 is 4.31 Å². The second-order valence-corrected chi connectivity index (χ2v) is 7.46. The number of halogens is 2. The average molecular weight is 405 g/mol. The normalized spacial score (nSPS) is 11.1. The monoisotopic (exact) mass is 404 g/mol. The number of non-ortho nitro benzene ring substituents is 1. The Bertz CT molecular complexity index is 948. The van der Waals surface area contributed by atoms with Crippen molar-refractivity contribution in [1.82, 2.24) is 0 Å². The first-order valence-electron chi connectivity index (χ1n) is 6.57. The number of rotatable bonds is 6. The van der Waals surface area contributed by atoms with Gasteiger partial charge in [0.15, 0.2) is 0 Å². The van der Waals surface area contributed by atoms with Crippen molar-refractivity contribution in [3.8, 4) is 0 Å². The smallest absolute Gasteiger partial charge is 0.324 e. The van der Waals surface area contributed by atoms with Gasteiger partial charge in [0, 0.05) is 17.2 Å². The molecular weight excluding hydrogens is 395 g/mol. The summed E-state index contributed by atoms with van der Waals surface area (Å²) in [5.74, 6) is -1.44. The second-order valence-electron chi connectivity index (χ2n) is 4.76. The van der Waals surface area contributed by atoms with Crippen LogP contribution in [0.4, 0.5) is 11.4 Å². The molecule has 8 nitrogen and oxygen atoms in total. The number of hydrogen-bond donors (Lipinski definition) is 1. The van der Waals surface area contributed by atoms with E-state index in [1.807, 2.05) is 0 Å². The molecule has 0 aliphatic heterocycles. The highest BCUT2D eigenvalue weighted by atomic mass is 35.5. The quantitative estimate of drug-likeness (QED) is 0.583. The largest absolute Gasteiger partial charge is 0.480 e. The molecule has 0 saturated carbocycles. The van der Waals surface area contributed by atoms with Crippen molar-refractivity contribution in [3.63, 3.8) is 0 Å². The summed E-state index contributed by atoms with van der Waals surface area (Å²) in [6.07, 6.45) is 0. The van der Waals surface area contributed by atoms with Crippen molar-refractivity contribution in [1.29, 1.82) is 0 Å². The van der Waals surface area contributed by atoms with Gasteiger partial charge in [0.2, 0.25) is 0 Å². The molecule has 2 rings (SSSR count). The molecule has 0 radical (unpaired) electrons. The third kappa shape index (κ3) is 4.19. The Morgan fingerprint density at radius 2 is 1.88 bits per heavy atom. The predicted molar refractivity (Wildman–Crippen MR) is 91.7 cm³/mol. The van der Waals surface area contributed by atoms with Crippen molar-refractivity contribution in [2.24, 2.45) is 0 Å². The number of aliphatic carboxylic acids is 1. The third-order valence-corrected chi connectivity index (χ3v) is 5.38. The van der Waals surface area contributed by atoms with Crippen molar-refractivity contribution in [3.05, 3.63) is 62.6 Å². The zero-order chi connectivity index (χ0) is 18.8. The maximum Gasteiger partial charge on any atom is 0.324 e. The first kappa shape index (κ1) is 19.0. The van der Waals surface area contributed by atoms with E-state index in [4.69, 9.17) is 28.3 Å². The van der Waals surface area contributed by atoms with Crippen LogP contribution in [-0.2, 0) is 14.8 Å². The summed E-state index contributed by atoms with van der Waals surface area (Å²) in [6, 6.07) is 8.18. The van der Waals surface area contributed by atoms with E-state index in [1.165, 1.54) is 24.3 Å². The lowest BCUT2D eigenvalue weighted by molar-refractivity contribution is -0.385. The Labute approximate surface area is 152 Å². The molecule has 0 unspecified atom stereocenters. The van der Waals surface area contributed by atoms with Crippen LogP contribution in [0.3, 0.4) is 0 Å². The van der Waals surface area contributed by atoms with Gasteiger partial charge < -0.3 is 5.11 Å². The SMILES string of the molecule is O=C(O)CN(c1cc(Cl)ccc1Cl)S(=O)(=O)c1cccc([N+](=O)[O-])c1. The van der Waals surface area contributed by atoms with Gasteiger partial charge in [0.05, 0.1) is 20.5 Å². The lowest BCUT2D eigenvalue weighted by Gasteiger charge is -2.23. The zero-order valence-electron chi connectivity index (χ0n) is 12.3.